The number of amides is 2. The van der Waals surface area contributed by atoms with Gasteiger partial charge in [-0.25, -0.2) is 9.59 Å². The number of carbonyl (C=O) groups excluding carboxylic acids is 3. The summed E-state index contributed by atoms with van der Waals surface area (Å²) >= 11 is 0. The van der Waals surface area contributed by atoms with Gasteiger partial charge in [0, 0.05) is 12.1 Å². The maximum atomic E-state index is 12.4. The Hall–Kier alpha value is -3.68. The van der Waals surface area contributed by atoms with Gasteiger partial charge >= 0.3 is 12.1 Å². The molecule has 0 atom stereocenters. The Morgan fingerprint density at radius 3 is 2.13 bits per heavy atom. The molecule has 0 aliphatic carbocycles. The molecule has 30 heavy (non-hydrogen) atoms. The van der Waals surface area contributed by atoms with Gasteiger partial charge in [0.25, 0.3) is 5.78 Å². The number of ether oxygens (including phenoxy) is 1. The van der Waals surface area contributed by atoms with Gasteiger partial charge in [-0.15, -0.1) is 0 Å². The average Bonchev–Trinajstić information content (AvgIpc) is 2.65. The van der Waals surface area contributed by atoms with Gasteiger partial charge in [-0.3, -0.25) is 14.9 Å². The Morgan fingerprint density at radius 1 is 0.900 bits per heavy atom. The number of carbonyl (C=O) groups is 4. The van der Waals surface area contributed by atoms with Gasteiger partial charge in [0.2, 0.25) is 5.91 Å². The number of anilines is 2. The molecule has 0 heterocycles. The fraction of sp³-hybridized carbons (Fsp3) is 0.273. The number of aryl methyl sites for hydroxylation is 1. The van der Waals surface area contributed by atoms with E-state index in [1.165, 1.54) is 18.2 Å². The molecule has 0 saturated heterocycles. The molecule has 0 aliphatic heterocycles. The average molecular weight is 412 g/mol. The second-order valence-corrected chi connectivity index (χ2v) is 7.51. The van der Waals surface area contributed by atoms with E-state index < -0.39 is 29.4 Å². The van der Waals surface area contributed by atoms with Crippen LogP contribution in [0.15, 0.2) is 48.5 Å². The summed E-state index contributed by atoms with van der Waals surface area (Å²) in [6.45, 7) is 5.28. The summed E-state index contributed by atoms with van der Waals surface area (Å²) in [5.41, 5.74) is 0.662. The van der Waals surface area contributed by atoms with E-state index >= 15 is 0 Å². The second-order valence-electron chi connectivity index (χ2n) is 7.51. The molecule has 0 aromatic heterocycles. The first-order valence-electron chi connectivity index (χ1n) is 9.31. The Morgan fingerprint density at radius 2 is 1.50 bits per heavy atom. The zero-order valence-corrected chi connectivity index (χ0v) is 17.0. The van der Waals surface area contributed by atoms with Crippen LogP contribution in [-0.2, 0) is 20.7 Å². The van der Waals surface area contributed by atoms with Crippen LogP contribution in [0.3, 0.4) is 0 Å². The van der Waals surface area contributed by atoms with Gasteiger partial charge in [0.05, 0.1) is 11.3 Å². The maximum Gasteiger partial charge on any atom is 0.412 e. The van der Waals surface area contributed by atoms with E-state index in [0.29, 0.717) is 12.1 Å². The summed E-state index contributed by atoms with van der Waals surface area (Å²) in [5.74, 6) is -3.09. The topological polar surface area (TPSA) is 122 Å². The summed E-state index contributed by atoms with van der Waals surface area (Å²) in [6.07, 6.45) is -0.226. The molecule has 2 rings (SSSR count). The van der Waals surface area contributed by atoms with Gasteiger partial charge in [0.1, 0.15) is 5.60 Å². The molecule has 0 bridgehead atoms. The van der Waals surface area contributed by atoms with E-state index in [1.807, 2.05) is 0 Å². The Labute approximate surface area is 174 Å². The lowest BCUT2D eigenvalue weighted by Gasteiger charge is -2.20. The standard InChI is InChI=1S/C22H24N2O6/c1-22(2,3)30-21(29)24-16-10-6-4-8-14(16)12-13-18(25)23-17-11-7-5-9-15(17)19(26)20(27)28/h4-11H,12-13H2,1-3H3,(H,23,25)(H,24,29)(H,27,28). The molecule has 2 aromatic rings. The predicted molar refractivity (Wildman–Crippen MR) is 112 cm³/mol. The molecule has 0 spiro atoms. The van der Waals surface area contributed by atoms with Crippen molar-refractivity contribution in [1.82, 2.24) is 0 Å². The molecule has 8 heteroatoms. The van der Waals surface area contributed by atoms with E-state index in [0.717, 1.165) is 5.56 Å². The molecule has 2 aromatic carbocycles. The highest BCUT2D eigenvalue weighted by Crippen LogP contribution is 2.20. The van der Waals surface area contributed by atoms with Crippen LogP contribution >= 0.6 is 0 Å². The number of hydrogen-bond donors (Lipinski definition) is 3. The summed E-state index contributed by atoms with van der Waals surface area (Å²) < 4.78 is 5.25. The van der Waals surface area contributed by atoms with Crippen LogP contribution < -0.4 is 10.6 Å². The number of benzene rings is 2. The van der Waals surface area contributed by atoms with E-state index in [1.54, 1.807) is 51.1 Å². The van der Waals surface area contributed by atoms with Gasteiger partial charge < -0.3 is 15.2 Å². The molecule has 0 radical (unpaired) electrons. The van der Waals surface area contributed by atoms with Crippen molar-refractivity contribution in [2.45, 2.75) is 39.2 Å². The lowest BCUT2D eigenvalue weighted by molar-refractivity contribution is -0.131. The lowest BCUT2D eigenvalue weighted by atomic mass is 10.1. The van der Waals surface area contributed by atoms with Gasteiger partial charge in [-0.05, 0) is 51.0 Å². The number of rotatable bonds is 7. The van der Waals surface area contributed by atoms with Crippen molar-refractivity contribution in [3.8, 4) is 0 Å². The zero-order valence-electron chi connectivity index (χ0n) is 17.0. The molecule has 0 aliphatic rings. The van der Waals surface area contributed by atoms with Crippen molar-refractivity contribution >= 4 is 35.1 Å². The molecule has 8 nitrogen and oxygen atoms in total. The van der Waals surface area contributed by atoms with Crippen LogP contribution in [0.4, 0.5) is 16.2 Å². The van der Waals surface area contributed by atoms with Gasteiger partial charge in [-0.1, -0.05) is 30.3 Å². The minimum Gasteiger partial charge on any atom is -0.475 e. The Kier molecular flexibility index (Phi) is 7.30. The van der Waals surface area contributed by atoms with Crippen molar-refractivity contribution < 1.29 is 29.0 Å². The van der Waals surface area contributed by atoms with Crippen LogP contribution in [0.25, 0.3) is 0 Å². The van der Waals surface area contributed by atoms with Crippen LogP contribution in [-0.4, -0.2) is 34.5 Å². The van der Waals surface area contributed by atoms with Crippen LogP contribution in [0, 0.1) is 0 Å². The number of carboxylic acids is 1. The Bertz CT molecular complexity index is 962. The fourth-order valence-electron chi connectivity index (χ4n) is 2.64. The number of aliphatic carboxylic acids is 1. The van der Waals surface area contributed by atoms with E-state index in [9.17, 15) is 19.2 Å². The third kappa shape index (κ3) is 6.73. The van der Waals surface area contributed by atoms with Gasteiger partial charge in [-0.2, -0.15) is 0 Å². The van der Waals surface area contributed by atoms with Crippen LogP contribution in [0.2, 0.25) is 0 Å². The number of Topliss-reactive ketones (excluding diaryl/α,β-unsaturated/α-hetero) is 1. The number of carboxylic acid groups (broad SMARTS) is 1. The first-order chi connectivity index (χ1) is 14.1. The quantitative estimate of drug-likeness (QED) is 0.469. The Balaban J connectivity index is 2.04. The molecule has 3 N–H and O–H groups in total. The van der Waals surface area contributed by atoms with Gasteiger partial charge in [0.15, 0.2) is 0 Å². The smallest absolute Gasteiger partial charge is 0.412 e. The summed E-state index contributed by atoms with van der Waals surface area (Å²) in [4.78, 5) is 47.1. The SMILES string of the molecule is CC(C)(C)OC(=O)Nc1ccccc1CCC(=O)Nc1ccccc1C(=O)C(=O)O. The molecule has 158 valence electrons. The van der Waals surface area contributed by atoms with Crippen LogP contribution in [0.5, 0.6) is 0 Å². The highest BCUT2D eigenvalue weighted by molar-refractivity contribution is 6.41. The van der Waals surface area contributed by atoms with Crippen LogP contribution in [0.1, 0.15) is 43.1 Å². The molecule has 2 amide bonds. The minimum atomic E-state index is -1.60. The number of para-hydroxylation sites is 2. The highest BCUT2D eigenvalue weighted by Gasteiger charge is 2.20. The zero-order chi connectivity index (χ0) is 22.3. The first kappa shape index (κ1) is 22.6. The van der Waals surface area contributed by atoms with Crippen molar-refractivity contribution in [1.29, 1.82) is 0 Å². The van der Waals surface area contributed by atoms with E-state index in [2.05, 4.69) is 10.6 Å². The van der Waals surface area contributed by atoms with Crippen molar-refractivity contribution in [3.05, 3.63) is 59.7 Å². The molecular weight excluding hydrogens is 388 g/mol. The predicted octanol–water partition coefficient (Wildman–Crippen LogP) is 3.87. The molecule has 0 saturated carbocycles. The monoisotopic (exact) mass is 412 g/mol. The first-order valence-corrected chi connectivity index (χ1v) is 9.31. The normalized spacial score (nSPS) is 10.8. The molecule has 0 fully saturated rings. The van der Waals surface area contributed by atoms with E-state index in [4.69, 9.17) is 9.84 Å². The maximum absolute atomic E-state index is 12.4. The van der Waals surface area contributed by atoms with Crippen molar-refractivity contribution in [2.75, 3.05) is 10.6 Å². The largest absolute Gasteiger partial charge is 0.475 e. The molecule has 0 unspecified atom stereocenters. The highest BCUT2D eigenvalue weighted by atomic mass is 16.6. The minimum absolute atomic E-state index is 0.0581. The third-order valence-corrected chi connectivity index (χ3v) is 3.91. The fourth-order valence-corrected chi connectivity index (χ4v) is 2.64. The number of hydrogen-bond acceptors (Lipinski definition) is 5. The number of ketones is 1. The number of nitrogens with one attached hydrogen (secondary N) is 2. The molecular formula is C22H24N2O6. The summed E-state index contributed by atoms with van der Waals surface area (Å²) in [6, 6.07) is 12.9. The van der Waals surface area contributed by atoms with E-state index in [-0.39, 0.29) is 17.7 Å². The third-order valence-electron chi connectivity index (χ3n) is 3.91. The van der Waals surface area contributed by atoms with Crippen molar-refractivity contribution in [3.63, 3.8) is 0 Å². The van der Waals surface area contributed by atoms with Crippen molar-refractivity contribution in [2.24, 2.45) is 0 Å². The second kappa shape index (κ2) is 9.69. The summed E-state index contributed by atoms with van der Waals surface area (Å²) in [7, 11) is 0. The lowest BCUT2D eigenvalue weighted by Crippen LogP contribution is -2.27. The summed E-state index contributed by atoms with van der Waals surface area (Å²) in [5, 5.41) is 14.2.